The number of hydrogen-bond donors (Lipinski definition) is 2. The Morgan fingerprint density at radius 3 is 2.33 bits per heavy atom. The van der Waals surface area contributed by atoms with Crippen LogP contribution in [-0.4, -0.2) is 37.2 Å². The van der Waals surface area contributed by atoms with Crippen molar-refractivity contribution in [1.29, 1.82) is 0 Å². The molecule has 3 nitrogen and oxygen atoms in total. The minimum Gasteiger partial charge on any atom is -0.388 e. The first-order valence-corrected chi connectivity index (χ1v) is 5.23. The average molecular weight is 208 g/mol. The van der Waals surface area contributed by atoms with E-state index in [0.717, 1.165) is 12.1 Å². The van der Waals surface area contributed by atoms with Gasteiger partial charge in [-0.1, -0.05) is 30.3 Å². The Morgan fingerprint density at radius 1 is 1.27 bits per heavy atom. The van der Waals surface area contributed by atoms with Gasteiger partial charge in [-0.05, 0) is 26.2 Å². The summed E-state index contributed by atoms with van der Waals surface area (Å²) in [6, 6.07) is 9.68. The van der Waals surface area contributed by atoms with E-state index in [9.17, 15) is 5.11 Å². The number of hydrogen-bond acceptors (Lipinski definition) is 3. The molecule has 0 aromatic heterocycles. The van der Waals surface area contributed by atoms with Crippen LogP contribution in [-0.2, 0) is 0 Å². The maximum atomic E-state index is 10.1. The highest BCUT2D eigenvalue weighted by molar-refractivity contribution is 5.18. The van der Waals surface area contributed by atoms with Crippen molar-refractivity contribution in [3.8, 4) is 0 Å². The number of aliphatic hydroxyl groups excluding tert-OH is 1. The molecule has 0 aliphatic rings. The highest BCUT2D eigenvalue weighted by Gasteiger charge is 2.19. The lowest BCUT2D eigenvalue weighted by Gasteiger charge is -2.24. The molecular formula is C12H20N2O. The van der Waals surface area contributed by atoms with Crippen molar-refractivity contribution in [2.75, 3.05) is 27.2 Å². The zero-order chi connectivity index (χ0) is 11.3. The summed E-state index contributed by atoms with van der Waals surface area (Å²) in [5.41, 5.74) is 6.61. The Hall–Kier alpha value is -0.900. The Kier molecular flexibility index (Phi) is 4.75. The summed E-state index contributed by atoms with van der Waals surface area (Å²) in [6.45, 7) is 1.29. The van der Waals surface area contributed by atoms with E-state index >= 15 is 0 Å². The lowest BCUT2D eigenvalue weighted by molar-refractivity contribution is 0.0947. The molecule has 0 heterocycles. The van der Waals surface area contributed by atoms with E-state index in [-0.39, 0.29) is 5.92 Å². The predicted molar refractivity (Wildman–Crippen MR) is 62.5 cm³/mol. The minimum atomic E-state index is -0.474. The van der Waals surface area contributed by atoms with E-state index < -0.39 is 6.10 Å². The molecule has 0 spiro atoms. The van der Waals surface area contributed by atoms with E-state index in [1.54, 1.807) is 0 Å². The van der Waals surface area contributed by atoms with Crippen LogP contribution in [0.15, 0.2) is 30.3 Å². The quantitative estimate of drug-likeness (QED) is 0.754. The Labute approximate surface area is 91.5 Å². The summed E-state index contributed by atoms with van der Waals surface area (Å²) in [7, 11) is 3.97. The first kappa shape index (κ1) is 12.2. The standard InChI is InChI=1S/C12H20N2O/c1-14(2)9-11(8-13)12(15)10-6-4-3-5-7-10/h3-7,11-12,15H,8-9,13H2,1-2H3/t11-,12+/m1/s1. The lowest BCUT2D eigenvalue weighted by Crippen LogP contribution is -2.32. The SMILES string of the molecule is CN(C)C[C@@H](CN)[C@@H](O)c1ccccc1. The van der Waals surface area contributed by atoms with Crippen molar-refractivity contribution >= 4 is 0 Å². The molecule has 0 saturated heterocycles. The Balaban J connectivity index is 2.69. The number of nitrogens with zero attached hydrogens (tertiary/aromatic N) is 1. The van der Waals surface area contributed by atoms with Gasteiger partial charge in [0.2, 0.25) is 0 Å². The van der Waals surface area contributed by atoms with Gasteiger partial charge in [0.25, 0.3) is 0 Å². The lowest BCUT2D eigenvalue weighted by atomic mass is 9.95. The highest BCUT2D eigenvalue weighted by Crippen LogP contribution is 2.21. The first-order valence-electron chi connectivity index (χ1n) is 5.23. The number of rotatable bonds is 5. The molecular weight excluding hydrogens is 188 g/mol. The van der Waals surface area contributed by atoms with E-state index in [2.05, 4.69) is 0 Å². The van der Waals surface area contributed by atoms with Crippen molar-refractivity contribution in [2.24, 2.45) is 11.7 Å². The summed E-state index contributed by atoms with van der Waals surface area (Å²) in [4.78, 5) is 2.05. The van der Waals surface area contributed by atoms with Crippen LogP contribution in [0.2, 0.25) is 0 Å². The molecule has 3 N–H and O–H groups in total. The molecule has 2 atom stereocenters. The van der Waals surface area contributed by atoms with Crippen molar-refractivity contribution in [2.45, 2.75) is 6.10 Å². The molecule has 84 valence electrons. The largest absolute Gasteiger partial charge is 0.388 e. The van der Waals surface area contributed by atoms with Crippen molar-refractivity contribution < 1.29 is 5.11 Å². The first-order chi connectivity index (χ1) is 7.15. The number of benzene rings is 1. The molecule has 0 radical (unpaired) electrons. The van der Waals surface area contributed by atoms with Crippen molar-refractivity contribution in [3.05, 3.63) is 35.9 Å². The molecule has 1 aromatic carbocycles. The Morgan fingerprint density at radius 2 is 1.87 bits per heavy atom. The predicted octanol–water partition coefficient (Wildman–Crippen LogP) is 0.857. The van der Waals surface area contributed by atoms with Gasteiger partial charge >= 0.3 is 0 Å². The second-order valence-electron chi connectivity index (χ2n) is 4.11. The fourth-order valence-corrected chi connectivity index (χ4v) is 1.69. The summed E-state index contributed by atoms with van der Waals surface area (Å²) in [5.74, 6) is 0.0856. The molecule has 0 aliphatic heterocycles. The second-order valence-corrected chi connectivity index (χ2v) is 4.11. The molecule has 0 aliphatic carbocycles. The summed E-state index contributed by atoms with van der Waals surface area (Å²) in [5, 5.41) is 10.1. The van der Waals surface area contributed by atoms with E-state index in [1.165, 1.54) is 0 Å². The molecule has 0 bridgehead atoms. The monoisotopic (exact) mass is 208 g/mol. The zero-order valence-electron chi connectivity index (χ0n) is 9.43. The molecule has 3 heteroatoms. The van der Waals surface area contributed by atoms with Crippen LogP contribution < -0.4 is 5.73 Å². The van der Waals surface area contributed by atoms with Gasteiger partial charge in [0.1, 0.15) is 0 Å². The fourth-order valence-electron chi connectivity index (χ4n) is 1.69. The van der Waals surface area contributed by atoms with Crippen LogP contribution in [0.4, 0.5) is 0 Å². The van der Waals surface area contributed by atoms with Crippen LogP contribution in [0, 0.1) is 5.92 Å². The van der Waals surface area contributed by atoms with Crippen LogP contribution >= 0.6 is 0 Å². The molecule has 1 rings (SSSR count). The summed E-state index contributed by atoms with van der Waals surface area (Å²) in [6.07, 6.45) is -0.474. The maximum absolute atomic E-state index is 10.1. The third-order valence-electron chi connectivity index (χ3n) is 2.49. The molecule has 0 amide bonds. The van der Waals surface area contributed by atoms with E-state index in [0.29, 0.717) is 6.54 Å². The van der Waals surface area contributed by atoms with Gasteiger partial charge in [-0.2, -0.15) is 0 Å². The number of nitrogens with two attached hydrogens (primary N) is 1. The van der Waals surface area contributed by atoms with Gasteiger partial charge in [0, 0.05) is 12.5 Å². The van der Waals surface area contributed by atoms with Crippen molar-refractivity contribution in [3.63, 3.8) is 0 Å². The van der Waals surface area contributed by atoms with Gasteiger partial charge in [-0.25, -0.2) is 0 Å². The van der Waals surface area contributed by atoms with Crippen molar-refractivity contribution in [1.82, 2.24) is 4.90 Å². The number of aliphatic hydroxyl groups is 1. The van der Waals surface area contributed by atoms with Crippen LogP contribution in [0.3, 0.4) is 0 Å². The summed E-state index contributed by atoms with van der Waals surface area (Å²) < 4.78 is 0. The van der Waals surface area contributed by atoms with Gasteiger partial charge in [0.05, 0.1) is 6.10 Å². The third kappa shape index (κ3) is 3.63. The zero-order valence-corrected chi connectivity index (χ0v) is 9.43. The van der Waals surface area contributed by atoms with Crippen LogP contribution in [0.5, 0.6) is 0 Å². The maximum Gasteiger partial charge on any atom is 0.0842 e. The topological polar surface area (TPSA) is 49.5 Å². The molecule has 0 saturated carbocycles. The van der Waals surface area contributed by atoms with Gasteiger partial charge in [-0.3, -0.25) is 0 Å². The normalized spacial score (nSPS) is 15.3. The third-order valence-corrected chi connectivity index (χ3v) is 2.49. The molecule has 0 fully saturated rings. The molecule has 1 aromatic rings. The minimum absolute atomic E-state index is 0.0856. The molecule has 0 unspecified atom stereocenters. The highest BCUT2D eigenvalue weighted by atomic mass is 16.3. The van der Waals surface area contributed by atoms with Gasteiger partial charge in [-0.15, -0.1) is 0 Å². The van der Waals surface area contributed by atoms with E-state index in [4.69, 9.17) is 5.73 Å². The average Bonchev–Trinajstić information content (AvgIpc) is 2.26. The van der Waals surface area contributed by atoms with Gasteiger partial charge in [0.15, 0.2) is 0 Å². The van der Waals surface area contributed by atoms with Crippen LogP contribution in [0.25, 0.3) is 0 Å². The van der Waals surface area contributed by atoms with Gasteiger partial charge < -0.3 is 15.7 Å². The smallest absolute Gasteiger partial charge is 0.0842 e. The fraction of sp³-hybridized carbons (Fsp3) is 0.500. The second kappa shape index (κ2) is 5.85. The Bertz CT molecular complexity index is 274. The summed E-state index contributed by atoms with van der Waals surface area (Å²) >= 11 is 0. The molecule has 15 heavy (non-hydrogen) atoms. The van der Waals surface area contributed by atoms with E-state index in [1.807, 2.05) is 49.3 Å². The van der Waals surface area contributed by atoms with Crippen LogP contribution in [0.1, 0.15) is 11.7 Å².